The molecule has 0 bridgehead atoms. The highest BCUT2D eigenvalue weighted by Gasteiger charge is 2.48. The molecule has 1 heterocycles. The third-order valence-corrected chi connectivity index (χ3v) is 4.60. The van der Waals surface area contributed by atoms with E-state index in [1.807, 2.05) is 12.2 Å². The second-order valence-corrected chi connectivity index (χ2v) is 6.07. The molecular weight excluding hydrogens is 256 g/mol. The van der Waals surface area contributed by atoms with Gasteiger partial charge in [-0.2, -0.15) is 0 Å². The molecule has 2 N–H and O–H groups in total. The fourth-order valence-electron chi connectivity index (χ4n) is 3.42. The summed E-state index contributed by atoms with van der Waals surface area (Å²) in [7, 11) is 1.66. The minimum Gasteiger partial charge on any atom is -0.392 e. The SMILES string of the molecule is CCCCCC(O)/C=C/C1[C@H]2C[C@@H](OC)O[C@H]2C[C@@H]1O. The van der Waals surface area contributed by atoms with Gasteiger partial charge in [-0.3, -0.25) is 0 Å². The van der Waals surface area contributed by atoms with Crippen LogP contribution in [0.2, 0.25) is 0 Å². The molecule has 2 aliphatic rings. The van der Waals surface area contributed by atoms with Gasteiger partial charge in [0.05, 0.1) is 18.3 Å². The summed E-state index contributed by atoms with van der Waals surface area (Å²) in [6, 6.07) is 0. The summed E-state index contributed by atoms with van der Waals surface area (Å²) in [5, 5.41) is 20.1. The lowest BCUT2D eigenvalue weighted by molar-refractivity contribution is -0.118. The number of methoxy groups -OCH3 is 1. The molecule has 0 aromatic carbocycles. The second-order valence-electron chi connectivity index (χ2n) is 6.07. The molecule has 2 unspecified atom stereocenters. The molecule has 1 aliphatic carbocycles. The summed E-state index contributed by atoms with van der Waals surface area (Å²) in [4.78, 5) is 0. The molecule has 0 amide bonds. The van der Waals surface area contributed by atoms with Gasteiger partial charge in [-0.1, -0.05) is 38.3 Å². The number of aliphatic hydroxyl groups excluding tert-OH is 2. The van der Waals surface area contributed by atoms with Gasteiger partial charge >= 0.3 is 0 Å². The molecule has 6 atom stereocenters. The maximum Gasteiger partial charge on any atom is 0.157 e. The molecule has 116 valence electrons. The van der Waals surface area contributed by atoms with Gasteiger partial charge in [0.25, 0.3) is 0 Å². The third-order valence-electron chi connectivity index (χ3n) is 4.60. The standard InChI is InChI=1S/C16H28O4/c1-3-4-5-6-11(17)7-8-12-13-9-16(19-2)20-15(13)10-14(12)18/h7-8,11-18H,3-6,9-10H2,1-2H3/b8-7+/t11?,12?,13-,14+,15+,16+/m1/s1. The van der Waals surface area contributed by atoms with Crippen LogP contribution in [0, 0.1) is 11.8 Å². The third kappa shape index (κ3) is 3.82. The number of unbranched alkanes of at least 4 members (excludes halogenated alkanes) is 2. The van der Waals surface area contributed by atoms with Crippen LogP contribution in [0.5, 0.6) is 0 Å². The average Bonchev–Trinajstić information content (AvgIpc) is 2.93. The maximum atomic E-state index is 10.1. The van der Waals surface area contributed by atoms with E-state index in [1.165, 1.54) is 0 Å². The molecule has 2 fully saturated rings. The van der Waals surface area contributed by atoms with Crippen molar-refractivity contribution in [2.24, 2.45) is 11.8 Å². The van der Waals surface area contributed by atoms with Gasteiger partial charge in [0, 0.05) is 25.9 Å². The van der Waals surface area contributed by atoms with Crippen LogP contribution in [0.3, 0.4) is 0 Å². The first-order chi connectivity index (χ1) is 9.65. The minimum atomic E-state index is -0.395. The molecule has 4 nitrogen and oxygen atoms in total. The van der Waals surface area contributed by atoms with E-state index in [1.54, 1.807) is 7.11 Å². The number of aliphatic hydroxyl groups is 2. The predicted octanol–water partition coefficient (Wildman–Crippen LogP) is 2.24. The molecule has 1 aliphatic heterocycles. The average molecular weight is 284 g/mol. The zero-order chi connectivity index (χ0) is 14.5. The molecule has 2 rings (SSSR count). The molecular formula is C16H28O4. The zero-order valence-electron chi connectivity index (χ0n) is 12.6. The maximum absolute atomic E-state index is 10.1. The zero-order valence-corrected chi connectivity index (χ0v) is 12.6. The molecule has 4 heteroatoms. The van der Waals surface area contributed by atoms with E-state index >= 15 is 0 Å². The fourth-order valence-corrected chi connectivity index (χ4v) is 3.42. The summed E-state index contributed by atoms with van der Waals surface area (Å²) in [6.45, 7) is 2.16. The van der Waals surface area contributed by atoms with Crippen molar-refractivity contribution in [1.82, 2.24) is 0 Å². The van der Waals surface area contributed by atoms with Gasteiger partial charge < -0.3 is 19.7 Å². The van der Waals surface area contributed by atoms with Crippen LogP contribution in [0.15, 0.2) is 12.2 Å². The Morgan fingerprint density at radius 1 is 1.35 bits per heavy atom. The molecule has 0 aromatic heterocycles. The van der Waals surface area contributed by atoms with Crippen molar-refractivity contribution < 1.29 is 19.7 Å². The van der Waals surface area contributed by atoms with Crippen molar-refractivity contribution in [3.05, 3.63) is 12.2 Å². The number of hydrogen-bond donors (Lipinski definition) is 2. The lowest BCUT2D eigenvalue weighted by Crippen LogP contribution is -2.19. The number of hydrogen-bond acceptors (Lipinski definition) is 4. The van der Waals surface area contributed by atoms with Crippen molar-refractivity contribution in [3.8, 4) is 0 Å². The topological polar surface area (TPSA) is 58.9 Å². The number of fused-ring (bicyclic) bond motifs is 1. The highest BCUT2D eigenvalue weighted by molar-refractivity contribution is 5.06. The van der Waals surface area contributed by atoms with Crippen molar-refractivity contribution in [1.29, 1.82) is 0 Å². The normalized spacial score (nSPS) is 38.5. The predicted molar refractivity (Wildman–Crippen MR) is 77.2 cm³/mol. The number of rotatable bonds is 7. The smallest absolute Gasteiger partial charge is 0.157 e. The molecule has 1 saturated carbocycles. The highest BCUT2D eigenvalue weighted by atomic mass is 16.7. The summed E-state index contributed by atoms with van der Waals surface area (Å²) in [5.74, 6) is 0.398. The minimum absolute atomic E-state index is 0.0842. The van der Waals surface area contributed by atoms with E-state index in [0.29, 0.717) is 12.3 Å². The van der Waals surface area contributed by atoms with Crippen LogP contribution in [-0.4, -0.2) is 41.9 Å². The Morgan fingerprint density at radius 3 is 2.85 bits per heavy atom. The van der Waals surface area contributed by atoms with E-state index in [9.17, 15) is 10.2 Å². The van der Waals surface area contributed by atoms with Crippen LogP contribution in [0.1, 0.15) is 45.4 Å². The van der Waals surface area contributed by atoms with Gasteiger partial charge in [0.1, 0.15) is 0 Å². The van der Waals surface area contributed by atoms with Crippen LogP contribution in [0.25, 0.3) is 0 Å². The first-order valence-electron chi connectivity index (χ1n) is 7.88. The van der Waals surface area contributed by atoms with E-state index in [-0.39, 0.29) is 24.4 Å². The van der Waals surface area contributed by atoms with Gasteiger partial charge in [-0.25, -0.2) is 0 Å². The summed E-state index contributed by atoms with van der Waals surface area (Å²) >= 11 is 0. The Bertz CT molecular complexity index is 318. The molecule has 1 saturated heterocycles. The molecule has 20 heavy (non-hydrogen) atoms. The monoisotopic (exact) mass is 284 g/mol. The van der Waals surface area contributed by atoms with Crippen LogP contribution in [0.4, 0.5) is 0 Å². The van der Waals surface area contributed by atoms with Gasteiger partial charge in [-0.15, -0.1) is 0 Å². The van der Waals surface area contributed by atoms with Gasteiger partial charge in [0.2, 0.25) is 0 Å². The first-order valence-corrected chi connectivity index (χ1v) is 7.88. The quantitative estimate of drug-likeness (QED) is 0.556. The van der Waals surface area contributed by atoms with Crippen LogP contribution >= 0.6 is 0 Å². The Morgan fingerprint density at radius 2 is 2.15 bits per heavy atom. The van der Waals surface area contributed by atoms with E-state index in [4.69, 9.17) is 9.47 Å². The van der Waals surface area contributed by atoms with E-state index < -0.39 is 6.10 Å². The van der Waals surface area contributed by atoms with E-state index in [0.717, 1.165) is 32.1 Å². The van der Waals surface area contributed by atoms with Gasteiger partial charge in [0.15, 0.2) is 6.29 Å². The van der Waals surface area contributed by atoms with Crippen molar-refractivity contribution in [2.45, 2.75) is 70.1 Å². The lowest BCUT2D eigenvalue weighted by Gasteiger charge is -2.17. The van der Waals surface area contributed by atoms with Crippen LogP contribution in [-0.2, 0) is 9.47 Å². The van der Waals surface area contributed by atoms with Gasteiger partial charge in [-0.05, 0) is 12.3 Å². The molecule has 0 radical (unpaired) electrons. The van der Waals surface area contributed by atoms with Crippen molar-refractivity contribution >= 4 is 0 Å². The van der Waals surface area contributed by atoms with E-state index in [2.05, 4.69) is 6.92 Å². The Hall–Kier alpha value is -0.420. The second kappa shape index (κ2) is 7.55. The number of ether oxygens (including phenoxy) is 2. The Kier molecular flexibility index (Phi) is 6.02. The fraction of sp³-hybridized carbons (Fsp3) is 0.875. The molecule has 0 spiro atoms. The first kappa shape index (κ1) is 16.0. The molecule has 0 aromatic rings. The highest BCUT2D eigenvalue weighted by Crippen LogP contribution is 2.44. The largest absolute Gasteiger partial charge is 0.392 e. The Labute approximate surface area is 121 Å². The summed E-state index contributed by atoms with van der Waals surface area (Å²) < 4.78 is 11.0. The summed E-state index contributed by atoms with van der Waals surface area (Å²) in [5.41, 5.74) is 0. The van der Waals surface area contributed by atoms with Crippen molar-refractivity contribution in [3.63, 3.8) is 0 Å². The Balaban J connectivity index is 1.84. The summed E-state index contributed by atoms with van der Waals surface area (Å²) in [6.07, 6.45) is 8.74. The lowest BCUT2D eigenvalue weighted by atomic mass is 9.91. The van der Waals surface area contributed by atoms with Crippen LogP contribution < -0.4 is 0 Å². The van der Waals surface area contributed by atoms with Crippen molar-refractivity contribution in [2.75, 3.05) is 7.11 Å².